The van der Waals surface area contributed by atoms with Gasteiger partial charge in [-0.2, -0.15) is 0 Å². The van der Waals surface area contributed by atoms with Crippen molar-refractivity contribution in [3.63, 3.8) is 0 Å². The summed E-state index contributed by atoms with van der Waals surface area (Å²) in [6.07, 6.45) is 0.156. The van der Waals surface area contributed by atoms with Crippen LogP contribution < -0.4 is 14.2 Å². The Bertz CT molecular complexity index is 669. The van der Waals surface area contributed by atoms with Crippen molar-refractivity contribution in [1.82, 2.24) is 0 Å². The largest absolute Gasteiger partial charge is 0.486 e. The second-order valence-corrected chi connectivity index (χ2v) is 5.02. The topological polar surface area (TPSA) is 44.8 Å². The van der Waals surface area contributed by atoms with E-state index in [1.165, 1.54) is 0 Å². The molecule has 2 aromatic carbocycles. The van der Waals surface area contributed by atoms with Crippen LogP contribution in [0.2, 0.25) is 5.02 Å². The first-order chi connectivity index (χ1) is 10.2. The van der Waals surface area contributed by atoms with E-state index in [0.29, 0.717) is 35.5 Å². The van der Waals surface area contributed by atoms with E-state index in [1.54, 1.807) is 36.4 Å². The smallest absolute Gasteiger partial charge is 0.315 e. The van der Waals surface area contributed by atoms with E-state index < -0.39 is 0 Å². The number of benzene rings is 2. The number of rotatable bonds is 3. The average Bonchev–Trinajstić information content (AvgIpc) is 2.47. The van der Waals surface area contributed by atoms with Gasteiger partial charge in [-0.25, -0.2) is 0 Å². The molecule has 0 saturated heterocycles. The summed E-state index contributed by atoms with van der Waals surface area (Å²) in [7, 11) is 0. The molecule has 3 rings (SSSR count). The lowest BCUT2D eigenvalue weighted by Gasteiger charge is -2.18. The van der Waals surface area contributed by atoms with Gasteiger partial charge in [0.2, 0.25) is 0 Å². The van der Waals surface area contributed by atoms with Crippen LogP contribution in [0.25, 0.3) is 0 Å². The molecule has 1 aliphatic rings. The summed E-state index contributed by atoms with van der Waals surface area (Å²) in [6, 6.07) is 12.2. The maximum Gasteiger partial charge on any atom is 0.315 e. The molecule has 0 atom stereocenters. The summed E-state index contributed by atoms with van der Waals surface area (Å²) in [5.41, 5.74) is 0.811. The number of hydrogen-bond donors (Lipinski definition) is 0. The van der Waals surface area contributed by atoms with Gasteiger partial charge in [-0.05, 0) is 35.9 Å². The fourth-order valence-corrected chi connectivity index (χ4v) is 2.24. The Hall–Kier alpha value is -2.20. The molecule has 0 aliphatic carbocycles. The van der Waals surface area contributed by atoms with Gasteiger partial charge < -0.3 is 14.2 Å². The zero-order valence-electron chi connectivity index (χ0n) is 11.2. The highest BCUT2D eigenvalue weighted by molar-refractivity contribution is 6.30. The highest BCUT2D eigenvalue weighted by atomic mass is 35.5. The van der Waals surface area contributed by atoms with Crippen molar-refractivity contribution in [2.75, 3.05) is 13.2 Å². The molecule has 1 heterocycles. The minimum Gasteiger partial charge on any atom is -0.486 e. The van der Waals surface area contributed by atoms with E-state index >= 15 is 0 Å². The average molecular weight is 305 g/mol. The standard InChI is InChI=1S/C16H13ClO4/c17-12-2-1-3-13(10-12)21-16(18)9-11-4-5-14-15(8-11)20-7-6-19-14/h1-5,8,10H,6-7,9H2. The van der Waals surface area contributed by atoms with E-state index in [0.717, 1.165) is 5.56 Å². The van der Waals surface area contributed by atoms with Gasteiger partial charge in [-0.1, -0.05) is 23.7 Å². The minimum absolute atomic E-state index is 0.156. The number of hydrogen-bond acceptors (Lipinski definition) is 4. The van der Waals surface area contributed by atoms with Crippen LogP contribution in [0.4, 0.5) is 0 Å². The third-order valence-electron chi connectivity index (χ3n) is 2.98. The number of carbonyl (C=O) groups excluding carboxylic acids is 1. The van der Waals surface area contributed by atoms with E-state index in [1.807, 2.05) is 6.07 Å². The van der Waals surface area contributed by atoms with E-state index in [4.69, 9.17) is 25.8 Å². The number of halogens is 1. The lowest BCUT2D eigenvalue weighted by molar-refractivity contribution is -0.133. The Kier molecular flexibility index (Phi) is 3.97. The second kappa shape index (κ2) is 6.06. The third kappa shape index (κ3) is 3.47. The van der Waals surface area contributed by atoms with Gasteiger partial charge in [-0.3, -0.25) is 4.79 Å². The molecule has 0 saturated carbocycles. The van der Waals surface area contributed by atoms with Crippen molar-refractivity contribution in [1.29, 1.82) is 0 Å². The van der Waals surface area contributed by atoms with Gasteiger partial charge >= 0.3 is 5.97 Å². The molecule has 0 fully saturated rings. The van der Waals surface area contributed by atoms with Crippen LogP contribution in [0, 0.1) is 0 Å². The van der Waals surface area contributed by atoms with Crippen molar-refractivity contribution in [2.45, 2.75) is 6.42 Å². The van der Waals surface area contributed by atoms with Crippen LogP contribution in [0.15, 0.2) is 42.5 Å². The molecule has 0 N–H and O–H groups in total. The van der Waals surface area contributed by atoms with Crippen molar-refractivity contribution in [3.05, 3.63) is 53.1 Å². The fraction of sp³-hybridized carbons (Fsp3) is 0.188. The summed E-state index contributed by atoms with van der Waals surface area (Å²) in [4.78, 5) is 11.9. The number of carbonyl (C=O) groups is 1. The lowest BCUT2D eigenvalue weighted by Crippen LogP contribution is -2.16. The van der Waals surface area contributed by atoms with Crippen molar-refractivity contribution in [3.8, 4) is 17.2 Å². The van der Waals surface area contributed by atoms with Crippen molar-refractivity contribution in [2.24, 2.45) is 0 Å². The molecule has 0 aromatic heterocycles. The molecule has 21 heavy (non-hydrogen) atoms. The summed E-state index contributed by atoms with van der Waals surface area (Å²) < 4.78 is 16.2. The van der Waals surface area contributed by atoms with Gasteiger partial charge in [0.1, 0.15) is 19.0 Å². The molecule has 2 aromatic rings. The van der Waals surface area contributed by atoms with E-state index in [-0.39, 0.29) is 12.4 Å². The Morgan fingerprint density at radius 2 is 1.90 bits per heavy atom. The number of esters is 1. The number of fused-ring (bicyclic) bond motifs is 1. The third-order valence-corrected chi connectivity index (χ3v) is 3.22. The van der Waals surface area contributed by atoms with Gasteiger partial charge in [0.15, 0.2) is 11.5 Å². The number of ether oxygens (including phenoxy) is 3. The fourth-order valence-electron chi connectivity index (χ4n) is 2.06. The van der Waals surface area contributed by atoms with Gasteiger partial charge in [-0.15, -0.1) is 0 Å². The normalized spacial score (nSPS) is 12.8. The highest BCUT2D eigenvalue weighted by Gasteiger charge is 2.14. The maximum atomic E-state index is 11.9. The Morgan fingerprint density at radius 3 is 2.71 bits per heavy atom. The second-order valence-electron chi connectivity index (χ2n) is 4.59. The minimum atomic E-state index is -0.353. The zero-order valence-corrected chi connectivity index (χ0v) is 11.9. The van der Waals surface area contributed by atoms with Crippen LogP contribution in [-0.2, 0) is 11.2 Å². The molecule has 108 valence electrons. The molecule has 0 bridgehead atoms. The highest BCUT2D eigenvalue weighted by Crippen LogP contribution is 2.31. The van der Waals surface area contributed by atoms with Crippen LogP contribution in [-0.4, -0.2) is 19.2 Å². The first kappa shape index (κ1) is 13.8. The summed E-state index contributed by atoms with van der Waals surface area (Å²) >= 11 is 5.85. The van der Waals surface area contributed by atoms with Crippen LogP contribution in [0.5, 0.6) is 17.2 Å². The summed E-state index contributed by atoms with van der Waals surface area (Å²) in [5, 5.41) is 0.527. The van der Waals surface area contributed by atoms with Crippen molar-refractivity contribution < 1.29 is 19.0 Å². The lowest BCUT2D eigenvalue weighted by atomic mass is 10.1. The monoisotopic (exact) mass is 304 g/mol. The molecular formula is C16H13ClO4. The maximum absolute atomic E-state index is 11.9. The molecule has 0 radical (unpaired) electrons. The SMILES string of the molecule is O=C(Cc1ccc2c(c1)OCCO2)Oc1cccc(Cl)c1. The molecular weight excluding hydrogens is 292 g/mol. The quantitative estimate of drug-likeness (QED) is 0.645. The van der Waals surface area contributed by atoms with Gasteiger partial charge in [0, 0.05) is 5.02 Å². The first-order valence-corrected chi connectivity index (χ1v) is 6.93. The van der Waals surface area contributed by atoms with Crippen LogP contribution >= 0.6 is 11.6 Å². The molecule has 4 nitrogen and oxygen atoms in total. The van der Waals surface area contributed by atoms with Crippen molar-refractivity contribution >= 4 is 17.6 Å². The van der Waals surface area contributed by atoms with Gasteiger partial charge in [0.05, 0.1) is 6.42 Å². The first-order valence-electron chi connectivity index (χ1n) is 6.55. The predicted octanol–water partition coefficient (Wildman–Crippen LogP) is 3.26. The molecule has 0 spiro atoms. The zero-order chi connectivity index (χ0) is 14.7. The molecule has 0 amide bonds. The Balaban J connectivity index is 1.67. The Morgan fingerprint density at radius 1 is 1.10 bits per heavy atom. The Labute approximate surface area is 127 Å². The molecule has 1 aliphatic heterocycles. The van der Waals surface area contributed by atoms with Gasteiger partial charge in [0.25, 0.3) is 0 Å². The molecule has 5 heteroatoms. The predicted molar refractivity (Wildman–Crippen MR) is 78.2 cm³/mol. The molecule has 0 unspecified atom stereocenters. The summed E-state index contributed by atoms with van der Waals surface area (Å²) in [5.74, 6) is 1.45. The summed E-state index contributed by atoms with van der Waals surface area (Å²) in [6.45, 7) is 1.06. The van der Waals surface area contributed by atoms with Crippen LogP contribution in [0.3, 0.4) is 0 Å². The van der Waals surface area contributed by atoms with Crippen LogP contribution in [0.1, 0.15) is 5.56 Å². The van der Waals surface area contributed by atoms with E-state index in [2.05, 4.69) is 0 Å². The van der Waals surface area contributed by atoms with E-state index in [9.17, 15) is 4.79 Å².